The van der Waals surface area contributed by atoms with Crippen molar-refractivity contribution < 1.29 is 64.5 Å². The summed E-state index contributed by atoms with van der Waals surface area (Å²) in [6.07, 6.45) is 0. The Bertz CT molecular complexity index is 35.4. The Morgan fingerprint density at radius 2 is 1.12 bits per heavy atom. The van der Waals surface area contributed by atoms with Crippen LogP contribution in [0.25, 0.3) is 0 Å². The summed E-state index contributed by atoms with van der Waals surface area (Å²) in [7, 11) is 0. The first kappa shape index (κ1) is 32.0. The van der Waals surface area contributed by atoms with Crippen molar-refractivity contribution in [3.05, 3.63) is 0 Å². The van der Waals surface area contributed by atoms with Gasteiger partial charge >= 0.3 is 80.8 Å². The fraction of sp³-hybridized carbons (Fsp3) is 0. The molecule has 2 radical (unpaired) electrons. The minimum Gasteiger partial charge on any atom is 2.00 e. The predicted molar refractivity (Wildman–Crippen MR) is 7.81 cm³/mol. The van der Waals surface area contributed by atoms with E-state index in [1.54, 1.807) is 0 Å². The number of hydrogen-bond donors (Lipinski definition) is 0. The second-order valence-corrected chi connectivity index (χ2v) is 1.48. The Hall–Kier alpha value is 2.16. The van der Waals surface area contributed by atoms with Crippen molar-refractivity contribution in [3.63, 3.8) is 0 Å². The van der Waals surface area contributed by atoms with E-state index in [0.717, 1.165) is 0 Å². The van der Waals surface area contributed by atoms with E-state index < -0.39 is 22.6 Å². The van der Waals surface area contributed by atoms with Gasteiger partial charge in [-0.05, 0) is 0 Å². The van der Waals surface area contributed by atoms with E-state index >= 15 is 0 Å². The Morgan fingerprint density at radius 1 is 1.12 bits per heavy atom. The molecule has 0 unspecified atom stereocenters. The van der Waals surface area contributed by atoms with Crippen LogP contribution in [0.4, 0.5) is 0 Å². The standard InChI is InChI=1S/5O.Pb.Ti.Zr/q;2*-2;2*-1;+2;+4;. The molecule has 0 heterocycles. The molecule has 0 aromatic heterocycles. The van der Waals surface area contributed by atoms with Crippen LogP contribution in [0.2, 0.25) is 0 Å². The zero-order valence-electron chi connectivity index (χ0n) is 3.54. The molecule has 0 atom stereocenters. The second kappa shape index (κ2) is 22.9. The summed E-state index contributed by atoms with van der Waals surface area (Å²) >= 11 is -4.29. The normalized spacial score (nSPS) is 3.25. The van der Waals surface area contributed by atoms with Crippen LogP contribution in [0.15, 0.2) is 0 Å². The average Bonchev–Trinajstić information content (AvgIpc) is 0.811. The van der Waals surface area contributed by atoms with E-state index in [1.807, 2.05) is 0 Å². The number of rotatable bonds is 0. The van der Waals surface area contributed by atoms with Gasteiger partial charge in [0.2, 0.25) is 0 Å². The molecule has 42 valence electrons. The van der Waals surface area contributed by atoms with Crippen LogP contribution in [-0.2, 0) is 58.1 Å². The van der Waals surface area contributed by atoms with Crippen LogP contribution < -0.4 is 6.37 Å². The van der Waals surface area contributed by atoms with Crippen molar-refractivity contribution in [1.29, 1.82) is 0 Å². The molecule has 0 aliphatic carbocycles. The SMILES string of the molecule is [O-2].[O-2].[O]=[Zr]([O-])[O-].[Pb+2].[Ti+4]. The van der Waals surface area contributed by atoms with Crippen molar-refractivity contribution in [2.45, 2.75) is 0 Å². The van der Waals surface area contributed by atoms with E-state index in [-0.39, 0.29) is 60.0 Å². The molecule has 8 heteroatoms. The van der Waals surface area contributed by atoms with Gasteiger partial charge in [-0.15, -0.1) is 0 Å². The maximum atomic E-state index is 8.61. The number of hydrogen-bond acceptors (Lipinski definition) is 3. The van der Waals surface area contributed by atoms with Crippen LogP contribution in [-0.4, -0.2) is 27.3 Å². The molecular formula is O5PbTiZr. The minimum absolute atomic E-state index is 0. The van der Waals surface area contributed by atoms with Gasteiger partial charge in [-0.3, -0.25) is 0 Å². The first-order chi connectivity index (χ1) is 1.73. The maximum Gasteiger partial charge on any atom is 4.00 e. The Morgan fingerprint density at radius 3 is 1.12 bits per heavy atom. The summed E-state index contributed by atoms with van der Waals surface area (Å²) in [5, 5.41) is 0. The van der Waals surface area contributed by atoms with Gasteiger partial charge in [0.15, 0.2) is 0 Å². The molecule has 8 heavy (non-hydrogen) atoms. The Labute approximate surface area is 90.5 Å². The summed E-state index contributed by atoms with van der Waals surface area (Å²) in [6.45, 7) is 0. The molecule has 0 N–H and O–H groups in total. The van der Waals surface area contributed by atoms with E-state index in [4.69, 9.17) is 9.18 Å². The molecule has 0 aromatic rings. The summed E-state index contributed by atoms with van der Waals surface area (Å²) < 4.78 is 25.8. The van der Waals surface area contributed by atoms with Crippen LogP contribution in [0, 0.1) is 0 Å². The second-order valence-electron chi connectivity index (χ2n) is 0.250. The molecule has 0 saturated heterocycles. The predicted octanol–water partition coefficient (Wildman–Crippen LogP) is -3.12. The van der Waals surface area contributed by atoms with Gasteiger partial charge in [0, 0.05) is 0 Å². The first-order valence-electron chi connectivity index (χ1n) is 0.612. The summed E-state index contributed by atoms with van der Waals surface area (Å²) in [6, 6.07) is 0. The third kappa shape index (κ3) is 89.7. The van der Waals surface area contributed by atoms with E-state index in [9.17, 15) is 0 Å². The molecule has 0 amide bonds. The van der Waals surface area contributed by atoms with Crippen molar-refractivity contribution in [2.75, 3.05) is 0 Å². The van der Waals surface area contributed by atoms with Crippen LogP contribution in [0.1, 0.15) is 0 Å². The summed E-state index contributed by atoms with van der Waals surface area (Å²) in [5.74, 6) is 0. The first-order valence-corrected chi connectivity index (χ1v) is 3.62. The molecule has 0 aliphatic rings. The largest absolute Gasteiger partial charge is 4.00 e. The van der Waals surface area contributed by atoms with Gasteiger partial charge in [0.1, 0.15) is 0 Å². The molecule has 0 rings (SSSR count). The molecule has 5 nitrogen and oxygen atoms in total. The molecule has 0 aliphatic heterocycles. The summed E-state index contributed by atoms with van der Waals surface area (Å²) in [4.78, 5) is 0. The Kier molecular flexibility index (Phi) is 91.7. The third-order valence-electron chi connectivity index (χ3n) is 0. The molecule has 0 bridgehead atoms. The van der Waals surface area contributed by atoms with Crippen LogP contribution in [0.3, 0.4) is 0 Å². The molecule has 0 aromatic carbocycles. The molecule has 0 fully saturated rings. The molecular weight excluding hydrogens is 426 g/mol. The van der Waals surface area contributed by atoms with E-state index in [0.29, 0.717) is 0 Å². The van der Waals surface area contributed by atoms with Crippen molar-refractivity contribution >= 4 is 27.3 Å². The Balaban J connectivity index is -0.00000000750. The average molecular weight is 426 g/mol. The van der Waals surface area contributed by atoms with Gasteiger partial charge < -0.3 is 11.0 Å². The van der Waals surface area contributed by atoms with E-state index in [2.05, 4.69) is 0 Å². The van der Waals surface area contributed by atoms with Crippen LogP contribution in [0.5, 0.6) is 0 Å². The summed E-state index contributed by atoms with van der Waals surface area (Å²) in [5.41, 5.74) is 0. The van der Waals surface area contributed by atoms with Crippen LogP contribution >= 0.6 is 0 Å². The third-order valence-corrected chi connectivity index (χ3v) is 0. The molecule has 0 saturated carbocycles. The van der Waals surface area contributed by atoms with Gasteiger partial charge in [-0.25, -0.2) is 0 Å². The maximum absolute atomic E-state index is 8.61. The van der Waals surface area contributed by atoms with Crippen molar-refractivity contribution in [3.8, 4) is 0 Å². The van der Waals surface area contributed by atoms with Gasteiger partial charge in [-0.2, -0.15) is 0 Å². The monoisotopic (exact) mass is 426 g/mol. The fourth-order valence-corrected chi connectivity index (χ4v) is 0. The topological polar surface area (TPSA) is 120 Å². The van der Waals surface area contributed by atoms with Gasteiger partial charge in [-0.1, -0.05) is 0 Å². The zero-order valence-corrected chi connectivity index (χ0v) is 11.4. The minimum atomic E-state index is -4.29. The van der Waals surface area contributed by atoms with Crippen molar-refractivity contribution in [2.24, 2.45) is 0 Å². The molecule has 0 spiro atoms. The van der Waals surface area contributed by atoms with Gasteiger partial charge in [0.25, 0.3) is 0 Å². The van der Waals surface area contributed by atoms with Gasteiger partial charge in [0.05, 0.1) is 0 Å². The zero-order chi connectivity index (χ0) is 3.58. The van der Waals surface area contributed by atoms with E-state index in [1.165, 1.54) is 0 Å². The quantitative estimate of drug-likeness (QED) is 0.381. The fourth-order valence-electron chi connectivity index (χ4n) is 0. The van der Waals surface area contributed by atoms with Crippen molar-refractivity contribution in [1.82, 2.24) is 0 Å². The smallest absolute Gasteiger partial charge is 2.00 e.